The molecule has 0 unspecified atom stereocenters. The molecule has 0 heterocycles. The van der Waals surface area contributed by atoms with Crippen LogP contribution in [0.3, 0.4) is 0 Å². The predicted molar refractivity (Wildman–Crippen MR) is 108 cm³/mol. The largest absolute Gasteiger partial charge is 0.573 e. The van der Waals surface area contributed by atoms with Crippen LogP contribution in [0, 0.1) is 11.6 Å². The van der Waals surface area contributed by atoms with Gasteiger partial charge in [0.2, 0.25) is 17.3 Å². The third-order valence-corrected chi connectivity index (χ3v) is 4.51. The van der Waals surface area contributed by atoms with Crippen LogP contribution in [-0.4, -0.2) is 19.7 Å². The Morgan fingerprint density at radius 3 is 2.17 bits per heavy atom. The van der Waals surface area contributed by atoms with Crippen LogP contribution in [0.25, 0.3) is 0 Å². The second-order valence-electron chi connectivity index (χ2n) is 6.46. The van der Waals surface area contributed by atoms with Gasteiger partial charge in [-0.1, -0.05) is 11.6 Å². The third kappa shape index (κ3) is 5.88. The summed E-state index contributed by atoms with van der Waals surface area (Å²) in [6.45, 7) is 0. The van der Waals surface area contributed by atoms with Crippen molar-refractivity contribution in [2.45, 2.75) is 12.8 Å². The molecule has 0 bridgehead atoms. The van der Waals surface area contributed by atoms with E-state index in [-0.39, 0.29) is 11.3 Å². The molecule has 0 atom stereocenters. The lowest BCUT2D eigenvalue weighted by atomic mass is 10.1. The fourth-order valence-electron chi connectivity index (χ4n) is 2.71. The molecule has 5 nitrogen and oxygen atoms in total. The summed E-state index contributed by atoms with van der Waals surface area (Å²) >= 11 is 5.75. The molecule has 0 aliphatic rings. The Balaban J connectivity index is 2.16. The summed E-state index contributed by atoms with van der Waals surface area (Å²) in [6, 6.07) is 6.41. The Kier molecular flexibility index (Phi) is 6.43. The van der Waals surface area contributed by atoms with Crippen molar-refractivity contribution in [2.24, 2.45) is 0 Å². The summed E-state index contributed by atoms with van der Waals surface area (Å²) in [5, 5.41) is -0.882. The Bertz CT molecular complexity index is 1330. The van der Waals surface area contributed by atoms with Gasteiger partial charge in [0.25, 0.3) is 6.43 Å². The molecule has 0 aromatic heterocycles. The number of alkyl halides is 5. The molecule has 0 fully saturated rings. The van der Waals surface area contributed by atoms with Gasteiger partial charge in [-0.2, -0.15) is 4.39 Å². The molecule has 0 aliphatic carbocycles. The number of hydrogen-bond acceptors (Lipinski definition) is 5. The van der Waals surface area contributed by atoms with Crippen molar-refractivity contribution < 1.29 is 58.6 Å². The van der Waals surface area contributed by atoms with Crippen molar-refractivity contribution >= 4 is 17.9 Å². The van der Waals surface area contributed by atoms with Gasteiger partial charge in [-0.25, -0.2) is 13.2 Å². The zero-order valence-corrected chi connectivity index (χ0v) is 17.5. The van der Waals surface area contributed by atoms with Crippen molar-refractivity contribution in [1.29, 1.82) is 0 Å². The van der Waals surface area contributed by atoms with E-state index in [1.807, 2.05) is 0 Å². The van der Waals surface area contributed by atoms with Gasteiger partial charge in [-0.05, 0) is 36.4 Å². The van der Waals surface area contributed by atoms with Crippen LogP contribution in [0.5, 0.6) is 34.5 Å². The first-order valence-electron chi connectivity index (χ1n) is 10.6. The molecule has 0 aliphatic heterocycles. The third-order valence-electron chi connectivity index (χ3n) is 4.20. The van der Waals surface area contributed by atoms with Gasteiger partial charge in [-0.3, -0.25) is 4.79 Å². The summed E-state index contributed by atoms with van der Waals surface area (Å²) in [5.74, 6) is -9.59. The predicted octanol–water partition coefficient (Wildman–Crippen LogP) is 7.86. The van der Waals surface area contributed by atoms with E-state index in [0.717, 1.165) is 12.1 Å². The summed E-state index contributed by atoms with van der Waals surface area (Å²) < 4.78 is 135. The van der Waals surface area contributed by atoms with Crippen LogP contribution < -0.4 is 18.9 Å². The average Bonchev–Trinajstić information content (AvgIpc) is 2.79. The van der Waals surface area contributed by atoms with E-state index in [0.29, 0.717) is 24.5 Å². The number of benzene rings is 3. The average molecular weight is 528 g/mol. The van der Waals surface area contributed by atoms with Crippen molar-refractivity contribution in [3.05, 3.63) is 70.2 Å². The van der Waals surface area contributed by atoms with Crippen LogP contribution in [-0.2, 0) is 0 Å². The quantitative estimate of drug-likeness (QED) is 0.220. The van der Waals surface area contributed by atoms with Gasteiger partial charge in [0.1, 0.15) is 12.0 Å². The number of ether oxygens (including phenoxy) is 4. The van der Waals surface area contributed by atoms with Gasteiger partial charge < -0.3 is 18.9 Å². The van der Waals surface area contributed by atoms with Gasteiger partial charge in [0.05, 0.1) is 21.7 Å². The molecule has 0 saturated carbocycles. The van der Waals surface area contributed by atoms with E-state index < -0.39 is 70.8 Å². The number of carbonyl (C=O) groups excluding carboxylic acids is 1. The highest BCUT2D eigenvalue weighted by atomic mass is 35.5. The minimum atomic E-state index is -5.37. The summed E-state index contributed by atoms with van der Waals surface area (Å²) in [4.78, 5) is 10.8. The van der Waals surface area contributed by atoms with Gasteiger partial charge in [-0.15, -0.1) is 13.2 Å². The molecule has 0 N–H and O–H groups in total. The Morgan fingerprint density at radius 1 is 0.943 bits per heavy atom. The van der Waals surface area contributed by atoms with Gasteiger partial charge in [0, 0.05) is 11.6 Å². The molecule has 35 heavy (non-hydrogen) atoms. The van der Waals surface area contributed by atoms with E-state index in [2.05, 4.69) is 9.47 Å². The van der Waals surface area contributed by atoms with E-state index in [1.54, 1.807) is 0 Å². The molecular formula is C22H12ClF7O5. The van der Waals surface area contributed by atoms with Crippen LogP contribution in [0.4, 0.5) is 30.7 Å². The lowest BCUT2D eigenvalue weighted by Gasteiger charge is -2.18. The monoisotopic (exact) mass is 527 g/mol. The molecule has 186 valence electrons. The lowest BCUT2D eigenvalue weighted by Crippen LogP contribution is -2.18. The number of aldehydes is 1. The number of halogens is 8. The Labute approximate surface area is 201 Å². The molecule has 0 amide bonds. The summed E-state index contributed by atoms with van der Waals surface area (Å²) in [5.41, 5.74) is -1.13. The molecular weight excluding hydrogens is 513 g/mol. The van der Waals surface area contributed by atoms with E-state index in [4.69, 9.17) is 25.2 Å². The van der Waals surface area contributed by atoms with Crippen molar-refractivity contribution in [1.82, 2.24) is 0 Å². The standard InChI is InChI=1S/C22H12ClF7O5/c1-32-19-14(7-6-13(17(19)24)35-22(28,29)30)34-15-8-12(23)16(21(26)27)18(25)20(15)33-11-4-2-10(9-31)3-5-11/h2-9,21H,1H3/i1D3. The maximum absolute atomic E-state index is 15.1. The summed E-state index contributed by atoms with van der Waals surface area (Å²) in [7, 11) is -3.42. The first-order chi connectivity index (χ1) is 17.6. The van der Waals surface area contributed by atoms with E-state index >= 15 is 4.39 Å². The molecule has 0 spiro atoms. The van der Waals surface area contributed by atoms with Gasteiger partial charge >= 0.3 is 6.36 Å². The van der Waals surface area contributed by atoms with Crippen LogP contribution in [0.2, 0.25) is 5.02 Å². The minimum absolute atomic E-state index is 0.182. The highest BCUT2D eigenvalue weighted by molar-refractivity contribution is 6.31. The fourth-order valence-corrected chi connectivity index (χ4v) is 2.98. The normalized spacial score (nSPS) is 13.0. The van der Waals surface area contributed by atoms with Crippen LogP contribution in [0.15, 0.2) is 42.5 Å². The van der Waals surface area contributed by atoms with Gasteiger partial charge in [0.15, 0.2) is 23.1 Å². The SMILES string of the molecule is [2H]C([2H])([2H])Oc1c(Oc2cc(Cl)c(C(F)F)c(F)c2Oc2ccc(C=O)cc2)ccc(OC(F)(F)F)c1F. The first kappa shape index (κ1) is 21.8. The first-order valence-corrected chi connectivity index (χ1v) is 9.45. The van der Waals surface area contributed by atoms with Crippen LogP contribution in [0.1, 0.15) is 26.5 Å². The van der Waals surface area contributed by atoms with Crippen molar-refractivity contribution in [3.63, 3.8) is 0 Å². The lowest BCUT2D eigenvalue weighted by molar-refractivity contribution is -0.275. The molecule has 0 radical (unpaired) electrons. The maximum atomic E-state index is 15.1. The number of methoxy groups -OCH3 is 1. The zero-order chi connectivity index (χ0) is 28.4. The second kappa shape index (κ2) is 10.3. The maximum Gasteiger partial charge on any atom is 0.573 e. The molecule has 3 aromatic rings. The van der Waals surface area contributed by atoms with Crippen molar-refractivity contribution in [2.75, 3.05) is 7.04 Å². The second-order valence-corrected chi connectivity index (χ2v) is 6.87. The Hall–Kier alpha value is -3.67. The topological polar surface area (TPSA) is 54.0 Å². The smallest absolute Gasteiger partial charge is 0.490 e. The van der Waals surface area contributed by atoms with Crippen molar-refractivity contribution in [3.8, 4) is 34.5 Å². The number of carbonyl (C=O) groups is 1. The highest BCUT2D eigenvalue weighted by Gasteiger charge is 2.34. The van der Waals surface area contributed by atoms with E-state index in [9.17, 15) is 31.1 Å². The number of rotatable bonds is 8. The fraction of sp³-hybridized carbons (Fsp3) is 0.136. The molecule has 0 saturated heterocycles. The molecule has 13 heteroatoms. The zero-order valence-electron chi connectivity index (χ0n) is 19.8. The minimum Gasteiger partial charge on any atom is -0.490 e. The molecule has 3 rings (SSSR count). The molecule has 3 aromatic carbocycles. The van der Waals surface area contributed by atoms with Crippen LogP contribution >= 0.6 is 11.6 Å². The number of hydrogen-bond donors (Lipinski definition) is 0. The summed E-state index contributed by atoms with van der Waals surface area (Å²) in [6.07, 6.45) is -8.34. The Morgan fingerprint density at radius 2 is 1.60 bits per heavy atom. The van der Waals surface area contributed by atoms with E-state index in [1.165, 1.54) is 12.1 Å². The highest BCUT2D eigenvalue weighted by Crippen LogP contribution is 2.47.